The molecule has 1 aromatic carbocycles. The first-order chi connectivity index (χ1) is 11.6. The highest BCUT2D eigenvalue weighted by Gasteiger charge is 2.35. The smallest absolute Gasteiger partial charge is 0.231 e. The number of amides is 1. The van der Waals surface area contributed by atoms with Crippen LogP contribution in [0.15, 0.2) is 30.6 Å². The van der Waals surface area contributed by atoms with Crippen molar-refractivity contribution in [1.29, 1.82) is 0 Å². The molecular formula is C17H20ClN5OS. The summed E-state index contributed by atoms with van der Waals surface area (Å²) in [5.41, 5.74) is 3.19. The van der Waals surface area contributed by atoms with Gasteiger partial charge < -0.3 is 10.6 Å². The lowest BCUT2D eigenvalue weighted by molar-refractivity contribution is -0.119. The quantitative estimate of drug-likeness (QED) is 0.736. The van der Waals surface area contributed by atoms with Crippen molar-refractivity contribution in [2.45, 2.75) is 12.8 Å². The van der Waals surface area contributed by atoms with Crippen molar-refractivity contribution in [2.75, 3.05) is 18.4 Å². The van der Waals surface area contributed by atoms with Crippen LogP contribution in [0.2, 0.25) is 0 Å². The van der Waals surface area contributed by atoms with E-state index in [9.17, 15) is 4.79 Å². The summed E-state index contributed by atoms with van der Waals surface area (Å²) in [5, 5.41) is 11.2. The summed E-state index contributed by atoms with van der Waals surface area (Å²) in [4.78, 5) is 17.3. The number of nitrogens with zero attached hydrogens (tertiary/aromatic N) is 3. The summed E-state index contributed by atoms with van der Waals surface area (Å²) in [6.45, 7) is 3.50. The van der Waals surface area contributed by atoms with Gasteiger partial charge in [0, 0.05) is 32.3 Å². The van der Waals surface area contributed by atoms with Crippen LogP contribution in [0.5, 0.6) is 0 Å². The minimum atomic E-state index is -0.109. The Morgan fingerprint density at radius 2 is 2.24 bits per heavy atom. The number of carbonyl (C=O) groups excluding carboxylic acids is 1. The van der Waals surface area contributed by atoms with E-state index in [1.54, 1.807) is 4.68 Å². The highest BCUT2D eigenvalue weighted by Crippen LogP contribution is 2.31. The van der Waals surface area contributed by atoms with Crippen molar-refractivity contribution in [3.63, 3.8) is 0 Å². The molecule has 1 saturated heterocycles. The maximum atomic E-state index is 12.8. The first-order valence-corrected chi connectivity index (χ1v) is 8.80. The number of aromatic nitrogens is 3. The Labute approximate surface area is 156 Å². The van der Waals surface area contributed by atoms with Gasteiger partial charge in [0.15, 0.2) is 5.13 Å². The van der Waals surface area contributed by atoms with Crippen LogP contribution in [0, 0.1) is 12.8 Å². The average molecular weight is 378 g/mol. The predicted octanol–water partition coefficient (Wildman–Crippen LogP) is 2.70. The number of nitrogens with one attached hydrogen (secondary N) is 2. The molecule has 25 heavy (non-hydrogen) atoms. The molecule has 0 radical (unpaired) electrons. The van der Waals surface area contributed by atoms with Crippen molar-refractivity contribution in [3.8, 4) is 0 Å². The van der Waals surface area contributed by atoms with Crippen molar-refractivity contribution >= 4 is 45.0 Å². The Kier molecular flexibility index (Phi) is 5.08. The Hall–Kier alpha value is -1.96. The zero-order valence-corrected chi connectivity index (χ0v) is 15.7. The topological polar surface area (TPSA) is 71.8 Å². The molecular weight excluding hydrogens is 358 g/mol. The van der Waals surface area contributed by atoms with Crippen LogP contribution in [-0.4, -0.2) is 33.8 Å². The third kappa shape index (κ3) is 3.40. The number of anilines is 1. The van der Waals surface area contributed by atoms with E-state index in [2.05, 4.69) is 20.7 Å². The lowest BCUT2D eigenvalue weighted by Crippen LogP contribution is -2.27. The number of para-hydroxylation sites is 1. The van der Waals surface area contributed by atoms with E-state index in [0.717, 1.165) is 27.9 Å². The Balaban J connectivity index is 0.00000182. The molecule has 1 amide bonds. The lowest BCUT2D eigenvalue weighted by Gasteiger charge is -2.15. The van der Waals surface area contributed by atoms with Crippen LogP contribution in [0.4, 0.5) is 5.13 Å². The van der Waals surface area contributed by atoms with E-state index in [1.165, 1.54) is 11.3 Å². The fraction of sp³-hybridized carbons (Fsp3) is 0.353. The Bertz CT molecular complexity index is 905. The number of halogens is 1. The standard InChI is InChI=1S/C17H19N5OS.ClH/c1-10-4-3-5-14-15(10)20-17(24-14)21-16(23)13-8-18-7-12(13)11-6-19-22(2)9-11;/h3-6,9,12-13,18H,7-8H2,1-2H3,(H,20,21,23);1H/t12-,13+;/m1./s1. The highest BCUT2D eigenvalue weighted by molar-refractivity contribution is 7.22. The second-order valence-corrected chi connectivity index (χ2v) is 7.28. The normalized spacial score (nSPS) is 19.8. The average Bonchev–Trinajstić information content (AvgIpc) is 3.25. The Morgan fingerprint density at radius 1 is 1.40 bits per heavy atom. The maximum Gasteiger partial charge on any atom is 0.231 e. The maximum absolute atomic E-state index is 12.8. The van der Waals surface area contributed by atoms with Crippen molar-refractivity contribution < 1.29 is 4.79 Å². The molecule has 0 bridgehead atoms. The molecule has 132 valence electrons. The van der Waals surface area contributed by atoms with E-state index in [4.69, 9.17) is 0 Å². The molecule has 4 rings (SSSR count). The van der Waals surface area contributed by atoms with Gasteiger partial charge in [-0.25, -0.2) is 4.98 Å². The third-order valence-electron chi connectivity index (χ3n) is 4.55. The third-order valence-corrected chi connectivity index (χ3v) is 5.49. The molecule has 1 aliphatic rings. The predicted molar refractivity (Wildman–Crippen MR) is 103 cm³/mol. The number of hydrogen-bond acceptors (Lipinski definition) is 5. The number of aryl methyl sites for hydroxylation is 2. The second-order valence-electron chi connectivity index (χ2n) is 6.25. The van der Waals surface area contributed by atoms with E-state index < -0.39 is 0 Å². The van der Waals surface area contributed by atoms with Crippen LogP contribution in [0.3, 0.4) is 0 Å². The van der Waals surface area contributed by atoms with E-state index in [0.29, 0.717) is 11.7 Å². The number of fused-ring (bicyclic) bond motifs is 1. The minimum Gasteiger partial charge on any atom is -0.315 e. The fourth-order valence-corrected chi connectivity index (χ4v) is 4.22. The molecule has 0 saturated carbocycles. The van der Waals surface area contributed by atoms with Gasteiger partial charge in [0.25, 0.3) is 0 Å². The van der Waals surface area contributed by atoms with Crippen LogP contribution in [-0.2, 0) is 11.8 Å². The summed E-state index contributed by atoms with van der Waals surface area (Å²) >= 11 is 1.52. The lowest BCUT2D eigenvalue weighted by atomic mass is 9.90. The highest BCUT2D eigenvalue weighted by atomic mass is 35.5. The van der Waals surface area contributed by atoms with Gasteiger partial charge in [0.05, 0.1) is 22.3 Å². The molecule has 2 aromatic heterocycles. The summed E-state index contributed by atoms with van der Waals surface area (Å²) in [6, 6.07) is 6.08. The number of thiazole rings is 1. The van der Waals surface area contributed by atoms with Crippen molar-refractivity contribution in [1.82, 2.24) is 20.1 Å². The van der Waals surface area contributed by atoms with Gasteiger partial charge >= 0.3 is 0 Å². The molecule has 8 heteroatoms. The SMILES string of the molecule is Cc1cccc2sc(NC(=O)[C@H]3CNC[C@@H]3c3cnn(C)c3)nc12.Cl. The summed E-state index contributed by atoms with van der Waals surface area (Å²) < 4.78 is 2.87. The Morgan fingerprint density at radius 3 is 2.96 bits per heavy atom. The molecule has 3 aromatic rings. The number of hydrogen-bond donors (Lipinski definition) is 2. The van der Waals surface area contributed by atoms with Crippen LogP contribution in [0.1, 0.15) is 17.0 Å². The molecule has 0 spiro atoms. The summed E-state index contributed by atoms with van der Waals surface area (Å²) in [7, 11) is 1.89. The first-order valence-electron chi connectivity index (χ1n) is 7.98. The molecule has 2 atom stereocenters. The van der Waals surface area contributed by atoms with Gasteiger partial charge in [-0.3, -0.25) is 9.48 Å². The second kappa shape index (κ2) is 7.11. The minimum absolute atomic E-state index is 0. The van der Waals surface area contributed by atoms with Crippen LogP contribution < -0.4 is 10.6 Å². The number of rotatable bonds is 3. The summed E-state index contributed by atoms with van der Waals surface area (Å²) in [5.74, 6) is 0.0580. The van der Waals surface area contributed by atoms with E-state index >= 15 is 0 Å². The molecule has 0 unspecified atom stereocenters. The van der Waals surface area contributed by atoms with Gasteiger partial charge in [-0.15, -0.1) is 12.4 Å². The van der Waals surface area contributed by atoms with Gasteiger partial charge in [-0.1, -0.05) is 23.5 Å². The zero-order chi connectivity index (χ0) is 16.7. The first kappa shape index (κ1) is 17.8. The van der Waals surface area contributed by atoms with Crippen molar-refractivity contribution in [2.24, 2.45) is 13.0 Å². The van der Waals surface area contributed by atoms with Gasteiger partial charge in [-0.2, -0.15) is 5.10 Å². The van der Waals surface area contributed by atoms with Crippen LogP contribution in [0.25, 0.3) is 10.2 Å². The molecule has 3 heterocycles. The van der Waals surface area contributed by atoms with Crippen molar-refractivity contribution in [3.05, 3.63) is 41.7 Å². The van der Waals surface area contributed by atoms with Gasteiger partial charge in [-0.05, 0) is 24.1 Å². The monoisotopic (exact) mass is 377 g/mol. The zero-order valence-electron chi connectivity index (χ0n) is 14.0. The van der Waals surface area contributed by atoms with Crippen LogP contribution >= 0.6 is 23.7 Å². The summed E-state index contributed by atoms with van der Waals surface area (Å²) in [6.07, 6.45) is 3.83. The molecule has 6 nitrogen and oxygen atoms in total. The molecule has 0 aliphatic carbocycles. The number of carbonyl (C=O) groups is 1. The van der Waals surface area contributed by atoms with Gasteiger partial charge in [0.1, 0.15) is 0 Å². The molecule has 2 N–H and O–H groups in total. The molecule has 1 fully saturated rings. The molecule has 1 aliphatic heterocycles. The number of benzene rings is 1. The van der Waals surface area contributed by atoms with Gasteiger partial charge in [0.2, 0.25) is 5.91 Å². The largest absolute Gasteiger partial charge is 0.315 e. The fourth-order valence-electron chi connectivity index (χ4n) is 3.27. The van der Waals surface area contributed by atoms with E-state index in [-0.39, 0.29) is 30.2 Å². The van der Waals surface area contributed by atoms with E-state index in [1.807, 2.05) is 44.6 Å².